The van der Waals surface area contributed by atoms with Gasteiger partial charge in [0.05, 0.1) is 12.4 Å². The van der Waals surface area contributed by atoms with Crippen molar-refractivity contribution < 1.29 is 9.53 Å². The van der Waals surface area contributed by atoms with Crippen molar-refractivity contribution in [1.29, 1.82) is 0 Å². The zero-order valence-corrected chi connectivity index (χ0v) is 11.1. The molecular weight excluding hydrogens is 236 g/mol. The Morgan fingerprint density at radius 3 is 2.94 bits per heavy atom. The number of amides is 1. The number of carbonyl (C=O) groups is 1. The molecule has 1 N–H and O–H groups in total. The standard InChI is InChI=1S/C12H22N2O2S/c15-12(14-6-1-8-16-9-7-14)10-17-11-2-4-13-5-3-11/h11,13H,1-10H2. The third-order valence-electron chi connectivity index (χ3n) is 3.30. The fraction of sp³-hybridized carbons (Fsp3) is 0.917. The predicted molar refractivity (Wildman–Crippen MR) is 70.4 cm³/mol. The lowest BCUT2D eigenvalue weighted by Gasteiger charge is -2.24. The largest absolute Gasteiger partial charge is 0.380 e. The van der Waals surface area contributed by atoms with E-state index in [4.69, 9.17) is 4.74 Å². The van der Waals surface area contributed by atoms with Gasteiger partial charge in [0.2, 0.25) is 5.91 Å². The quantitative estimate of drug-likeness (QED) is 0.810. The summed E-state index contributed by atoms with van der Waals surface area (Å²) < 4.78 is 5.36. The summed E-state index contributed by atoms with van der Waals surface area (Å²) in [5.41, 5.74) is 0. The molecule has 17 heavy (non-hydrogen) atoms. The molecule has 1 amide bonds. The number of carbonyl (C=O) groups excluding carboxylic acids is 1. The monoisotopic (exact) mass is 258 g/mol. The average Bonchev–Trinajstić information content (AvgIpc) is 2.66. The highest BCUT2D eigenvalue weighted by molar-refractivity contribution is 8.00. The number of hydrogen-bond donors (Lipinski definition) is 1. The minimum Gasteiger partial charge on any atom is -0.380 e. The Hall–Kier alpha value is -0.260. The van der Waals surface area contributed by atoms with E-state index in [1.807, 2.05) is 16.7 Å². The SMILES string of the molecule is O=C(CSC1CCNCC1)N1CCCOCC1. The summed E-state index contributed by atoms with van der Waals surface area (Å²) in [5, 5.41) is 4.02. The predicted octanol–water partition coefficient (Wildman–Crippen LogP) is 0.721. The fourth-order valence-electron chi connectivity index (χ4n) is 2.24. The molecule has 0 aromatic heterocycles. The molecule has 2 aliphatic rings. The number of thioether (sulfide) groups is 1. The van der Waals surface area contributed by atoms with Gasteiger partial charge in [-0.2, -0.15) is 0 Å². The molecule has 0 radical (unpaired) electrons. The molecule has 0 aromatic carbocycles. The highest BCUT2D eigenvalue weighted by Gasteiger charge is 2.19. The van der Waals surface area contributed by atoms with Crippen LogP contribution in [-0.4, -0.2) is 61.2 Å². The van der Waals surface area contributed by atoms with Crippen LogP contribution in [0.25, 0.3) is 0 Å². The normalized spacial score (nSPS) is 23.4. The number of ether oxygens (including phenoxy) is 1. The van der Waals surface area contributed by atoms with E-state index < -0.39 is 0 Å². The summed E-state index contributed by atoms with van der Waals surface area (Å²) in [6.07, 6.45) is 3.37. The highest BCUT2D eigenvalue weighted by atomic mass is 32.2. The topological polar surface area (TPSA) is 41.6 Å². The third-order valence-corrected chi connectivity index (χ3v) is 4.66. The summed E-state index contributed by atoms with van der Waals surface area (Å²) in [7, 11) is 0. The maximum absolute atomic E-state index is 12.0. The van der Waals surface area contributed by atoms with Crippen molar-refractivity contribution in [2.24, 2.45) is 0 Å². The lowest BCUT2D eigenvalue weighted by molar-refractivity contribution is -0.128. The number of piperidine rings is 1. The summed E-state index contributed by atoms with van der Waals surface area (Å²) in [5.74, 6) is 0.934. The van der Waals surface area contributed by atoms with Crippen LogP contribution in [-0.2, 0) is 9.53 Å². The summed E-state index contributed by atoms with van der Waals surface area (Å²) in [4.78, 5) is 14.0. The van der Waals surface area contributed by atoms with Crippen molar-refractivity contribution in [3.63, 3.8) is 0 Å². The van der Waals surface area contributed by atoms with Crippen LogP contribution in [0.1, 0.15) is 19.3 Å². The second kappa shape index (κ2) is 7.24. The Morgan fingerprint density at radius 1 is 1.29 bits per heavy atom. The van der Waals surface area contributed by atoms with E-state index in [2.05, 4.69) is 5.32 Å². The number of nitrogens with one attached hydrogen (secondary N) is 1. The molecule has 0 aliphatic carbocycles. The van der Waals surface area contributed by atoms with Gasteiger partial charge in [0.25, 0.3) is 0 Å². The first-order valence-electron chi connectivity index (χ1n) is 6.54. The molecule has 4 nitrogen and oxygen atoms in total. The Labute approximate surface area is 107 Å². The van der Waals surface area contributed by atoms with Crippen molar-refractivity contribution >= 4 is 17.7 Å². The number of rotatable bonds is 3. The lowest BCUT2D eigenvalue weighted by atomic mass is 10.2. The van der Waals surface area contributed by atoms with Gasteiger partial charge in [0.1, 0.15) is 0 Å². The second-order valence-corrected chi connectivity index (χ2v) is 5.90. The average molecular weight is 258 g/mol. The zero-order valence-electron chi connectivity index (χ0n) is 10.3. The van der Waals surface area contributed by atoms with Crippen molar-refractivity contribution in [1.82, 2.24) is 10.2 Å². The Bertz CT molecular complexity index is 237. The van der Waals surface area contributed by atoms with Crippen LogP contribution in [0, 0.1) is 0 Å². The van der Waals surface area contributed by atoms with Gasteiger partial charge in [-0.25, -0.2) is 0 Å². The Morgan fingerprint density at radius 2 is 2.12 bits per heavy atom. The van der Waals surface area contributed by atoms with Crippen LogP contribution < -0.4 is 5.32 Å². The Balaban J connectivity index is 1.68. The number of hydrogen-bond acceptors (Lipinski definition) is 4. The summed E-state index contributed by atoms with van der Waals surface area (Å²) in [6, 6.07) is 0. The molecule has 2 heterocycles. The van der Waals surface area contributed by atoms with Crippen molar-refractivity contribution in [2.75, 3.05) is 45.1 Å². The van der Waals surface area contributed by atoms with Crippen molar-refractivity contribution in [3.05, 3.63) is 0 Å². The van der Waals surface area contributed by atoms with Gasteiger partial charge in [-0.15, -0.1) is 11.8 Å². The molecule has 2 aliphatic heterocycles. The molecule has 0 spiro atoms. The van der Waals surface area contributed by atoms with Gasteiger partial charge in [-0.3, -0.25) is 4.79 Å². The fourth-order valence-corrected chi connectivity index (χ4v) is 3.37. The van der Waals surface area contributed by atoms with Crippen LogP contribution in [0.3, 0.4) is 0 Å². The number of nitrogens with zero attached hydrogens (tertiary/aromatic N) is 1. The molecule has 0 unspecified atom stereocenters. The maximum atomic E-state index is 12.0. The zero-order chi connectivity index (χ0) is 11.9. The van der Waals surface area contributed by atoms with Gasteiger partial charge >= 0.3 is 0 Å². The van der Waals surface area contributed by atoms with E-state index in [0.717, 1.165) is 39.2 Å². The van der Waals surface area contributed by atoms with Crippen LogP contribution >= 0.6 is 11.8 Å². The molecule has 0 bridgehead atoms. The minimum atomic E-state index is 0.291. The molecule has 0 atom stereocenters. The van der Waals surface area contributed by atoms with E-state index >= 15 is 0 Å². The van der Waals surface area contributed by atoms with Gasteiger partial charge in [-0.1, -0.05) is 0 Å². The first-order valence-corrected chi connectivity index (χ1v) is 7.59. The summed E-state index contributed by atoms with van der Waals surface area (Å²) in [6.45, 7) is 5.33. The van der Waals surface area contributed by atoms with Crippen LogP contribution in [0.4, 0.5) is 0 Å². The molecule has 0 aromatic rings. The first-order chi connectivity index (χ1) is 8.36. The molecule has 5 heteroatoms. The maximum Gasteiger partial charge on any atom is 0.232 e. The Kier molecular flexibility index (Phi) is 5.61. The molecule has 2 rings (SSSR count). The molecule has 0 saturated carbocycles. The highest BCUT2D eigenvalue weighted by Crippen LogP contribution is 2.20. The van der Waals surface area contributed by atoms with Gasteiger partial charge < -0.3 is 15.0 Å². The van der Waals surface area contributed by atoms with Gasteiger partial charge in [0.15, 0.2) is 0 Å². The smallest absolute Gasteiger partial charge is 0.232 e. The first kappa shape index (κ1) is 13.2. The van der Waals surface area contributed by atoms with E-state index in [-0.39, 0.29) is 0 Å². The van der Waals surface area contributed by atoms with E-state index in [1.54, 1.807) is 0 Å². The van der Waals surface area contributed by atoms with Crippen LogP contribution in [0.15, 0.2) is 0 Å². The van der Waals surface area contributed by atoms with Gasteiger partial charge in [-0.05, 0) is 32.4 Å². The molecular formula is C12H22N2O2S. The second-order valence-electron chi connectivity index (χ2n) is 4.61. The summed E-state index contributed by atoms with van der Waals surface area (Å²) >= 11 is 1.83. The van der Waals surface area contributed by atoms with Crippen molar-refractivity contribution in [2.45, 2.75) is 24.5 Å². The molecule has 98 valence electrons. The minimum absolute atomic E-state index is 0.291. The van der Waals surface area contributed by atoms with Crippen LogP contribution in [0.5, 0.6) is 0 Å². The van der Waals surface area contributed by atoms with E-state index in [0.29, 0.717) is 23.5 Å². The van der Waals surface area contributed by atoms with E-state index in [1.165, 1.54) is 12.8 Å². The third kappa shape index (κ3) is 4.48. The van der Waals surface area contributed by atoms with Crippen LogP contribution in [0.2, 0.25) is 0 Å². The van der Waals surface area contributed by atoms with Crippen molar-refractivity contribution in [3.8, 4) is 0 Å². The van der Waals surface area contributed by atoms with E-state index in [9.17, 15) is 4.79 Å². The van der Waals surface area contributed by atoms with Gasteiger partial charge in [0, 0.05) is 24.9 Å². The molecule has 2 fully saturated rings. The lowest BCUT2D eigenvalue weighted by Crippen LogP contribution is -2.36. The molecule has 2 saturated heterocycles.